The number of fused-ring (bicyclic) bond motifs is 2. The van der Waals surface area contributed by atoms with Gasteiger partial charge >= 0.3 is 0 Å². The van der Waals surface area contributed by atoms with Gasteiger partial charge in [0.25, 0.3) is 0 Å². The lowest BCUT2D eigenvalue weighted by Crippen LogP contribution is -2.48. The zero-order valence-electron chi connectivity index (χ0n) is 23.0. The first-order valence-corrected chi connectivity index (χ1v) is 14.2. The summed E-state index contributed by atoms with van der Waals surface area (Å²) < 4.78 is 33.4. The van der Waals surface area contributed by atoms with Gasteiger partial charge in [-0.3, -0.25) is 14.4 Å². The second-order valence-corrected chi connectivity index (χ2v) is 10.5. The van der Waals surface area contributed by atoms with E-state index >= 15 is 0 Å². The molecule has 8 heteroatoms. The molecular weight excluding hydrogens is 526 g/mol. The smallest absolute Gasteiger partial charge is 0.242 e. The predicted octanol–water partition coefficient (Wildman–Crippen LogP) is 5.47. The normalized spacial score (nSPS) is 18.7. The largest absolute Gasteiger partial charge is 0.494 e. The maximum atomic E-state index is 14.1. The highest BCUT2D eigenvalue weighted by atomic mass is 19.1. The van der Waals surface area contributed by atoms with Crippen molar-refractivity contribution in [1.82, 2.24) is 10.6 Å². The number of halogens is 2. The zero-order chi connectivity index (χ0) is 29.0. The molecule has 0 saturated carbocycles. The molecule has 2 bridgehead atoms. The predicted molar refractivity (Wildman–Crippen MR) is 152 cm³/mol. The lowest BCUT2D eigenvalue weighted by molar-refractivity contribution is -0.133. The summed E-state index contributed by atoms with van der Waals surface area (Å²) >= 11 is 0. The summed E-state index contributed by atoms with van der Waals surface area (Å²) in [5.41, 5.74) is 2.19. The van der Waals surface area contributed by atoms with Crippen molar-refractivity contribution >= 4 is 17.6 Å². The van der Waals surface area contributed by atoms with Crippen LogP contribution in [0.2, 0.25) is 0 Å². The average Bonchev–Trinajstić information content (AvgIpc) is 2.97. The molecule has 1 aliphatic rings. The number of rotatable bonds is 6. The molecule has 0 unspecified atom stereocenters. The molecule has 216 valence electrons. The van der Waals surface area contributed by atoms with Gasteiger partial charge in [0.2, 0.25) is 11.8 Å². The maximum Gasteiger partial charge on any atom is 0.242 e. The lowest BCUT2D eigenvalue weighted by Gasteiger charge is -2.23. The summed E-state index contributed by atoms with van der Waals surface area (Å²) in [6.07, 6.45) is 3.33. The van der Waals surface area contributed by atoms with Crippen LogP contribution in [0.1, 0.15) is 55.2 Å². The van der Waals surface area contributed by atoms with Crippen LogP contribution in [-0.2, 0) is 33.8 Å². The Morgan fingerprint density at radius 2 is 1.76 bits per heavy atom. The molecule has 3 aromatic carbocycles. The molecule has 2 amide bonds. The first-order chi connectivity index (χ1) is 19.9. The Kier molecular flexibility index (Phi) is 11.0. The zero-order valence-corrected chi connectivity index (χ0v) is 23.0. The standard InChI is InChI=1S/C33H36F2N2O4/c34-27-16-12-23(13-17-27)11-15-25-21-28(38)18-14-24-6-5-8-29(20-24)41-19-4-3-10-31(37-32(25)39)33(40)36-22-26-7-1-2-9-30(26)35/h1-2,5-9,12-13,16-17,20,25,31H,3-4,10-11,14-15,18-19,21-22H2,(H,36,40)(H,37,39)/t25-,31-/m1/s1. The second-order valence-electron chi connectivity index (χ2n) is 10.5. The monoisotopic (exact) mass is 562 g/mol. The molecule has 1 heterocycles. The van der Waals surface area contributed by atoms with Gasteiger partial charge < -0.3 is 15.4 Å². The minimum absolute atomic E-state index is 0.0101. The minimum atomic E-state index is -0.853. The molecule has 0 radical (unpaired) electrons. The van der Waals surface area contributed by atoms with Crippen LogP contribution in [0, 0.1) is 17.6 Å². The van der Waals surface area contributed by atoms with Crippen molar-refractivity contribution in [2.45, 2.75) is 64.0 Å². The SMILES string of the molecule is O=C1CCc2cccc(c2)OCCCC[C@H](C(=O)NCc2ccccc2F)NC(=O)[C@H](CCc2ccc(F)cc2)C1. The van der Waals surface area contributed by atoms with Crippen molar-refractivity contribution in [2.75, 3.05) is 6.61 Å². The van der Waals surface area contributed by atoms with Gasteiger partial charge in [-0.25, -0.2) is 8.78 Å². The third-order valence-electron chi connectivity index (χ3n) is 7.33. The molecule has 1 aliphatic heterocycles. The van der Waals surface area contributed by atoms with Crippen LogP contribution in [-0.4, -0.2) is 30.2 Å². The number of hydrogen-bond donors (Lipinski definition) is 2. The van der Waals surface area contributed by atoms with Crippen LogP contribution >= 0.6 is 0 Å². The van der Waals surface area contributed by atoms with Crippen LogP contribution < -0.4 is 15.4 Å². The van der Waals surface area contributed by atoms with E-state index in [1.54, 1.807) is 30.3 Å². The molecular formula is C33H36F2N2O4. The van der Waals surface area contributed by atoms with Crippen molar-refractivity contribution in [3.05, 3.63) is 101 Å². The summed E-state index contributed by atoms with van der Waals surface area (Å²) in [5.74, 6) is -1.54. The van der Waals surface area contributed by atoms with E-state index in [1.807, 2.05) is 24.3 Å². The van der Waals surface area contributed by atoms with Gasteiger partial charge in [0, 0.05) is 30.9 Å². The molecule has 2 N–H and O–H groups in total. The fraction of sp³-hybridized carbons (Fsp3) is 0.364. The van der Waals surface area contributed by atoms with Gasteiger partial charge in [0.05, 0.1) is 6.61 Å². The summed E-state index contributed by atoms with van der Waals surface area (Å²) in [4.78, 5) is 39.7. The number of hydrogen-bond acceptors (Lipinski definition) is 4. The number of ether oxygens (including phenoxy) is 1. The van der Waals surface area contributed by atoms with Crippen molar-refractivity contribution in [2.24, 2.45) is 5.92 Å². The van der Waals surface area contributed by atoms with Crippen LogP contribution in [0.25, 0.3) is 0 Å². The Hall–Kier alpha value is -4.07. The van der Waals surface area contributed by atoms with Crippen LogP contribution in [0.3, 0.4) is 0 Å². The van der Waals surface area contributed by atoms with Crippen LogP contribution in [0.5, 0.6) is 5.75 Å². The first-order valence-electron chi connectivity index (χ1n) is 14.2. The summed E-state index contributed by atoms with van der Waals surface area (Å²) in [7, 11) is 0. The Labute approximate surface area is 239 Å². The molecule has 0 saturated heterocycles. The van der Waals surface area contributed by atoms with Crippen molar-refractivity contribution < 1.29 is 27.9 Å². The van der Waals surface area contributed by atoms with E-state index in [4.69, 9.17) is 4.74 Å². The number of nitrogens with one attached hydrogen (secondary N) is 2. The number of amides is 2. The number of aryl methyl sites for hydroxylation is 2. The molecule has 4 rings (SSSR count). The van der Waals surface area contributed by atoms with E-state index in [-0.39, 0.29) is 36.9 Å². The van der Waals surface area contributed by atoms with Crippen molar-refractivity contribution in [1.29, 1.82) is 0 Å². The maximum absolute atomic E-state index is 14.1. The lowest BCUT2D eigenvalue weighted by atomic mass is 9.91. The number of carbonyl (C=O) groups is 3. The fourth-order valence-electron chi connectivity index (χ4n) is 4.92. The molecule has 41 heavy (non-hydrogen) atoms. The van der Waals surface area contributed by atoms with E-state index < -0.39 is 23.7 Å². The molecule has 2 atom stereocenters. The van der Waals surface area contributed by atoms with Gasteiger partial charge in [-0.05, 0) is 80.0 Å². The van der Waals surface area contributed by atoms with Gasteiger partial charge in [-0.2, -0.15) is 0 Å². The van der Waals surface area contributed by atoms with Gasteiger partial charge in [0.1, 0.15) is 29.2 Å². The quantitative estimate of drug-likeness (QED) is 0.417. The Morgan fingerprint density at radius 3 is 2.56 bits per heavy atom. The van der Waals surface area contributed by atoms with E-state index in [0.29, 0.717) is 50.7 Å². The highest BCUT2D eigenvalue weighted by Crippen LogP contribution is 2.20. The highest BCUT2D eigenvalue weighted by molar-refractivity contribution is 5.91. The van der Waals surface area contributed by atoms with E-state index in [0.717, 1.165) is 16.9 Å². The van der Waals surface area contributed by atoms with E-state index in [9.17, 15) is 23.2 Å². The van der Waals surface area contributed by atoms with E-state index in [1.165, 1.54) is 18.2 Å². The molecule has 3 aromatic rings. The third kappa shape index (κ3) is 9.52. The summed E-state index contributed by atoms with van der Waals surface area (Å²) in [5, 5.41) is 5.62. The van der Waals surface area contributed by atoms with Gasteiger partial charge in [-0.15, -0.1) is 0 Å². The van der Waals surface area contributed by atoms with Gasteiger partial charge in [0.15, 0.2) is 0 Å². The number of carbonyl (C=O) groups excluding carboxylic acids is 3. The van der Waals surface area contributed by atoms with Crippen molar-refractivity contribution in [3.63, 3.8) is 0 Å². The fourth-order valence-corrected chi connectivity index (χ4v) is 4.92. The average molecular weight is 563 g/mol. The molecule has 0 aliphatic carbocycles. The minimum Gasteiger partial charge on any atom is -0.494 e. The molecule has 0 spiro atoms. The molecule has 0 fully saturated rings. The Morgan fingerprint density at radius 1 is 0.951 bits per heavy atom. The Bertz CT molecular complexity index is 1330. The number of ketones is 1. The van der Waals surface area contributed by atoms with Crippen LogP contribution in [0.15, 0.2) is 72.8 Å². The van der Waals surface area contributed by atoms with Crippen molar-refractivity contribution in [3.8, 4) is 5.75 Å². The highest BCUT2D eigenvalue weighted by Gasteiger charge is 2.27. The third-order valence-corrected chi connectivity index (χ3v) is 7.33. The topological polar surface area (TPSA) is 84.5 Å². The molecule has 6 nitrogen and oxygen atoms in total. The number of Topliss-reactive ketones (excluding diaryl/α,β-unsaturated/α-hetero) is 1. The van der Waals surface area contributed by atoms with Crippen LogP contribution in [0.4, 0.5) is 8.78 Å². The summed E-state index contributed by atoms with van der Waals surface area (Å²) in [6, 6.07) is 19.1. The van der Waals surface area contributed by atoms with Gasteiger partial charge in [-0.1, -0.05) is 42.5 Å². The first kappa shape index (κ1) is 29.9. The second kappa shape index (κ2) is 15.1. The summed E-state index contributed by atoms with van der Waals surface area (Å²) in [6.45, 7) is 0.435. The van der Waals surface area contributed by atoms with E-state index in [2.05, 4.69) is 10.6 Å². The number of benzene rings is 3. The Balaban J connectivity index is 1.50. The molecule has 0 aromatic heterocycles.